The number of benzene rings is 1. The van der Waals surface area contributed by atoms with Crippen LogP contribution in [0.25, 0.3) is 0 Å². The molecule has 1 aliphatic heterocycles. The molecule has 2 rings (SSSR count). The van der Waals surface area contributed by atoms with Crippen molar-refractivity contribution in [1.82, 2.24) is 4.31 Å². The van der Waals surface area contributed by atoms with Gasteiger partial charge >= 0.3 is 6.18 Å². The molecule has 0 aliphatic carbocycles. The van der Waals surface area contributed by atoms with E-state index in [0.717, 1.165) is 10.4 Å². The van der Waals surface area contributed by atoms with Crippen molar-refractivity contribution in [2.24, 2.45) is 0 Å². The summed E-state index contributed by atoms with van der Waals surface area (Å²) in [6.45, 7) is -0.503. The molecule has 0 amide bonds. The number of hydrogen-bond acceptors (Lipinski definition) is 3. The second kappa shape index (κ2) is 5.62. The van der Waals surface area contributed by atoms with Gasteiger partial charge in [-0.15, -0.1) is 0 Å². The maximum atomic E-state index is 12.5. The van der Waals surface area contributed by atoms with Gasteiger partial charge < -0.3 is 5.73 Å². The van der Waals surface area contributed by atoms with E-state index in [-0.39, 0.29) is 30.1 Å². The van der Waals surface area contributed by atoms with Crippen molar-refractivity contribution in [3.8, 4) is 0 Å². The second-order valence-electron chi connectivity index (χ2n) is 4.52. The van der Waals surface area contributed by atoms with Crippen molar-refractivity contribution in [3.63, 3.8) is 0 Å². The van der Waals surface area contributed by atoms with Crippen molar-refractivity contribution < 1.29 is 21.6 Å². The molecule has 0 atom stereocenters. The summed E-state index contributed by atoms with van der Waals surface area (Å²) in [6, 6.07) is 4.13. The minimum absolute atomic E-state index is 0.0351. The monoisotopic (exact) mass is 384 g/mol. The first kappa shape index (κ1) is 16.3. The van der Waals surface area contributed by atoms with E-state index in [0.29, 0.717) is 4.47 Å². The lowest BCUT2D eigenvalue weighted by molar-refractivity contribution is -0.0953. The van der Waals surface area contributed by atoms with Gasteiger partial charge in [-0.1, -0.05) is 6.08 Å². The van der Waals surface area contributed by atoms with E-state index >= 15 is 0 Å². The van der Waals surface area contributed by atoms with Crippen LogP contribution in [-0.2, 0) is 10.0 Å². The van der Waals surface area contributed by atoms with Crippen LogP contribution in [0.2, 0.25) is 0 Å². The first-order valence-electron chi connectivity index (χ1n) is 5.94. The number of rotatable bonds is 2. The molecule has 2 N–H and O–H groups in total. The van der Waals surface area contributed by atoms with Gasteiger partial charge in [0.05, 0.1) is 4.90 Å². The third-order valence-corrected chi connectivity index (χ3v) is 5.72. The zero-order valence-electron chi connectivity index (χ0n) is 10.7. The molecule has 4 nitrogen and oxygen atoms in total. The Morgan fingerprint density at radius 1 is 1.29 bits per heavy atom. The van der Waals surface area contributed by atoms with Gasteiger partial charge in [-0.25, -0.2) is 8.42 Å². The molecule has 0 saturated heterocycles. The molecule has 9 heteroatoms. The van der Waals surface area contributed by atoms with Crippen LogP contribution in [0.4, 0.5) is 18.9 Å². The highest BCUT2D eigenvalue weighted by Gasteiger charge is 2.37. The normalized spacial score (nSPS) is 17.6. The van der Waals surface area contributed by atoms with E-state index in [4.69, 9.17) is 5.73 Å². The number of alkyl halides is 3. The average molecular weight is 385 g/mol. The van der Waals surface area contributed by atoms with E-state index in [2.05, 4.69) is 15.9 Å². The maximum Gasteiger partial charge on any atom is 0.412 e. The first-order chi connectivity index (χ1) is 9.62. The van der Waals surface area contributed by atoms with Gasteiger partial charge in [-0.2, -0.15) is 17.5 Å². The number of hydrogen-bond donors (Lipinski definition) is 1. The predicted octanol–water partition coefficient (Wildman–Crippen LogP) is 2.91. The number of nitrogens with zero attached hydrogens (tertiary/aromatic N) is 1. The highest BCUT2D eigenvalue weighted by Crippen LogP contribution is 2.32. The van der Waals surface area contributed by atoms with Crippen LogP contribution in [-0.4, -0.2) is 32.0 Å². The van der Waals surface area contributed by atoms with E-state index in [9.17, 15) is 21.6 Å². The van der Waals surface area contributed by atoms with E-state index in [1.807, 2.05) is 0 Å². The lowest BCUT2D eigenvalue weighted by Gasteiger charge is -2.26. The van der Waals surface area contributed by atoms with Gasteiger partial charge in [0.25, 0.3) is 0 Å². The van der Waals surface area contributed by atoms with Gasteiger partial charge in [-0.05, 0) is 40.5 Å². The van der Waals surface area contributed by atoms with E-state index in [1.165, 1.54) is 18.2 Å². The van der Waals surface area contributed by atoms with Gasteiger partial charge in [0.1, 0.15) is 0 Å². The van der Waals surface area contributed by atoms with Crippen LogP contribution >= 0.6 is 15.9 Å². The number of anilines is 1. The Balaban J connectivity index is 2.26. The van der Waals surface area contributed by atoms with Crippen LogP contribution in [0.5, 0.6) is 0 Å². The summed E-state index contributed by atoms with van der Waals surface area (Å²) in [5.41, 5.74) is 5.19. The van der Waals surface area contributed by atoms with Crippen LogP contribution in [0, 0.1) is 0 Å². The maximum absolute atomic E-state index is 12.5. The lowest BCUT2D eigenvalue weighted by Crippen LogP contribution is -2.36. The molecule has 1 aliphatic rings. The summed E-state index contributed by atoms with van der Waals surface area (Å²) in [7, 11) is -3.85. The fourth-order valence-corrected chi connectivity index (χ4v) is 3.62. The van der Waals surface area contributed by atoms with Crippen molar-refractivity contribution in [2.45, 2.75) is 17.5 Å². The first-order valence-corrected chi connectivity index (χ1v) is 8.17. The minimum Gasteiger partial charge on any atom is -0.398 e. The van der Waals surface area contributed by atoms with E-state index < -0.39 is 21.8 Å². The Kier molecular flexibility index (Phi) is 4.36. The molecule has 0 radical (unpaired) electrons. The highest BCUT2D eigenvalue weighted by atomic mass is 79.9. The zero-order chi connectivity index (χ0) is 15.8. The minimum atomic E-state index is -4.40. The van der Waals surface area contributed by atoms with Crippen molar-refractivity contribution in [3.05, 3.63) is 34.3 Å². The highest BCUT2D eigenvalue weighted by molar-refractivity contribution is 9.10. The number of halogens is 4. The summed E-state index contributed by atoms with van der Waals surface area (Å²) in [4.78, 5) is -0.0351. The van der Waals surface area contributed by atoms with Crippen molar-refractivity contribution in [2.75, 3.05) is 18.8 Å². The summed E-state index contributed by atoms with van der Waals surface area (Å²) < 4.78 is 63.8. The fraction of sp³-hybridized carbons (Fsp3) is 0.333. The third kappa shape index (κ3) is 3.41. The molecule has 1 aromatic rings. The molecule has 0 aromatic heterocycles. The average Bonchev–Trinajstić information content (AvgIpc) is 2.41. The Hall–Kier alpha value is -1.06. The number of nitrogens with two attached hydrogens (primary N) is 1. The van der Waals surface area contributed by atoms with Gasteiger partial charge in [-0.3, -0.25) is 0 Å². The molecule has 21 heavy (non-hydrogen) atoms. The van der Waals surface area contributed by atoms with Crippen LogP contribution < -0.4 is 5.73 Å². The molecule has 0 fully saturated rings. The van der Waals surface area contributed by atoms with Gasteiger partial charge in [0.15, 0.2) is 0 Å². The van der Waals surface area contributed by atoms with Gasteiger partial charge in [0, 0.05) is 28.8 Å². The second-order valence-corrected chi connectivity index (χ2v) is 7.32. The molecule has 0 spiro atoms. The Morgan fingerprint density at radius 2 is 1.95 bits per heavy atom. The number of nitrogen functional groups attached to an aromatic ring is 1. The van der Waals surface area contributed by atoms with Gasteiger partial charge in [0.2, 0.25) is 10.0 Å². The van der Waals surface area contributed by atoms with Crippen molar-refractivity contribution >= 4 is 31.6 Å². The van der Waals surface area contributed by atoms with Crippen LogP contribution in [0.3, 0.4) is 0 Å². The Morgan fingerprint density at radius 3 is 2.43 bits per heavy atom. The Bertz CT molecular complexity index is 686. The molecule has 116 valence electrons. The molecule has 0 saturated carbocycles. The topological polar surface area (TPSA) is 63.4 Å². The fourth-order valence-electron chi connectivity index (χ4n) is 1.96. The third-order valence-electron chi connectivity index (χ3n) is 3.14. The van der Waals surface area contributed by atoms with Crippen molar-refractivity contribution in [1.29, 1.82) is 0 Å². The Labute approximate surface area is 128 Å². The predicted molar refractivity (Wildman–Crippen MR) is 76.1 cm³/mol. The molecule has 1 heterocycles. The summed E-state index contributed by atoms with van der Waals surface area (Å²) in [5, 5.41) is 0. The molecule has 0 bridgehead atoms. The molecule has 0 unspecified atom stereocenters. The summed E-state index contributed by atoms with van der Waals surface area (Å²) in [5.74, 6) is 0. The quantitative estimate of drug-likeness (QED) is 0.629. The summed E-state index contributed by atoms with van der Waals surface area (Å²) in [6.07, 6.45) is -3.85. The van der Waals surface area contributed by atoms with Crippen LogP contribution in [0.15, 0.2) is 39.2 Å². The zero-order valence-corrected chi connectivity index (χ0v) is 13.1. The SMILES string of the molecule is Nc1cc(S(=O)(=O)N2CC=C(C(F)(F)F)CC2)ccc1Br. The molecular weight excluding hydrogens is 373 g/mol. The standard InChI is InChI=1S/C12H12BrF3N2O2S/c13-10-2-1-9(7-11(10)17)21(19,20)18-5-3-8(4-6-18)12(14,15)16/h1-3,7H,4-6,17H2. The molecule has 1 aromatic carbocycles. The number of sulfonamides is 1. The van der Waals surface area contributed by atoms with E-state index in [1.54, 1.807) is 0 Å². The lowest BCUT2D eigenvalue weighted by atomic mass is 10.1. The largest absolute Gasteiger partial charge is 0.412 e. The van der Waals surface area contributed by atoms with Crippen LogP contribution in [0.1, 0.15) is 6.42 Å². The smallest absolute Gasteiger partial charge is 0.398 e. The molecular formula is C12H12BrF3N2O2S. The summed E-state index contributed by atoms with van der Waals surface area (Å²) >= 11 is 3.15.